The molecule has 0 spiro atoms. The van der Waals surface area contributed by atoms with Crippen LogP contribution in [-0.4, -0.2) is 20.2 Å². The zero-order valence-corrected chi connectivity index (χ0v) is 18.6. The zero-order chi connectivity index (χ0) is 23.5. The van der Waals surface area contributed by atoms with Gasteiger partial charge in [-0.15, -0.1) is 0 Å². The number of fused-ring (bicyclic) bond motifs is 1. The van der Waals surface area contributed by atoms with Crippen molar-refractivity contribution in [2.24, 2.45) is 0 Å². The Kier molecular flexibility index (Phi) is 6.04. The highest BCUT2D eigenvalue weighted by molar-refractivity contribution is 5.92. The van der Waals surface area contributed by atoms with E-state index < -0.39 is 5.97 Å². The third-order valence-electron chi connectivity index (χ3n) is 5.11. The summed E-state index contributed by atoms with van der Waals surface area (Å²) >= 11 is 0. The molecule has 0 amide bonds. The monoisotopic (exact) mass is 446 g/mol. The van der Waals surface area contributed by atoms with Gasteiger partial charge in [-0.05, 0) is 61.4 Å². The lowest BCUT2D eigenvalue weighted by atomic mass is 10.1. The van der Waals surface area contributed by atoms with Crippen LogP contribution < -0.4 is 24.4 Å². The van der Waals surface area contributed by atoms with Gasteiger partial charge >= 0.3 is 5.97 Å². The predicted molar refractivity (Wildman–Crippen MR) is 123 cm³/mol. The van der Waals surface area contributed by atoms with Gasteiger partial charge in [-0.2, -0.15) is 0 Å². The summed E-state index contributed by atoms with van der Waals surface area (Å²) in [6.07, 6.45) is 1.26. The molecule has 4 aromatic rings. The molecule has 0 aliphatic carbocycles. The molecule has 0 fully saturated rings. The van der Waals surface area contributed by atoms with Crippen LogP contribution in [-0.2, 0) is 0 Å². The average Bonchev–Trinajstić information content (AvgIpc) is 2.82. The Labute approximate surface area is 190 Å². The standard InChI is InChI=1S/C26H22O7/c1-15-5-6-16(2)21(11-15)33-24-14-31-22-13-18(8-9-19(22)25(24)27)32-26(28)17-7-10-20(29-3)23(12-17)30-4/h5-14H,1-4H3. The van der Waals surface area contributed by atoms with Crippen LogP contribution in [0.15, 0.2) is 70.1 Å². The second-order valence-corrected chi connectivity index (χ2v) is 7.42. The minimum Gasteiger partial charge on any atom is -0.493 e. The second-order valence-electron chi connectivity index (χ2n) is 7.42. The number of rotatable bonds is 6. The van der Waals surface area contributed by atoms with E-state index in [-0.39, 0.29) is 28.1 Å². The van der Waals surface area contributed by atoms with Crippen molar-refractivity contribution in [1.82, 2.24) is 0 Å². The van der Waals surface area contributed by atoms with Gasteiger partial charge in [-0.25, -0.2) is 4.79 Å². The van der Waals surface area contributed by atoms with Gasteiger partial charge in [0.25, 0.3) is 0 Å². The largest absolute Gasteiger partial charge is 0.493 e. The Hall–Kier alpha value is -4.26. The van der Waals surface area contributed by atoms with E-state index in [1.165, 1.54) is 44.7 Å². The van der Waals surface area contributed by atoms with E-state index in [0.717, 1.165) is 11.1 Å². The number of benzene rings is 3. The SMILES string of the molecule is COc1ccc(C(=O)Oc2ccc3c(=O)c(Oc4cc(C)ccc4C)coc3c2)cc1OC. The lowest BCUT2D eigenvalue weighted by Gasteiger charge is -2.10. The van der Waals surface area contributed by atoms with Gasteiger partial charge in [-0.3, -0.25) is 4.79 Å². The summed E-state index contributed by atoms with van der Waals surface area (Å²) in [6, 6.07) is 15.0. The van der Waals surface area contributed by atoms with Crippen molar-refractivity contribution < 1.29 is 28.2 Å². The van der Waals surface area contributed by atoms with E-state index in [4.69, 9.17) is 23.4 Å². The van der Waals surface area contributed by atoms with E-state index in [1.807, 2.05) is 32.0 Å². The summed E-state index contributed by atoms with van der Waals surface area (Å²) in [5.74, 6) is 1.21. The molecule has 7 heteroatoms. The first-order chi connectivity index (χ1) is 15.9. The van der Waals surface area contributed by atoms with Gasteiger partial charge in [0.2, 0.25) is 11.2 Å². The summed E-state index contributed by atoms with van der Waals surface area (Å²) in [4.78, 5) is 25.5. The van der Waals surface area contributed by atoms with Crippen LogP contribution in [0.2, 0.25) is 0 Å². The summed E-state index contributed by atoms with van der Waals surface area (Å²) in [5.41, 5.74) is 2.14. The third kappa shape index (κ3) is 4.52. The van der Waals surface area contributed by atoms with Crippen molar-refractivity contribution in [1.29, 1.82) is 0 Å². The van der Waals surface area contributed by atoms with E-state index in [2.05, 4.69) is 0 Å². The highest BCUT2D eigenvalue weighted by Gasteiger charge is 2.15. The van der Waals surface area contributed by atoms with Crippen LogP contribution in [0.1, 0.15) is 21.5 Å². The molecule has 0 aliphatic rings. The molecule has 0 atom stereocenters. The van der Waals surface area contributed by atoms with Crippen molar-refractivity contribution in [3.8, 4) is 28.7 Å². The fourth-order valence-electron chi connectivity index (χ4n) is 3.29. The molecule has 0 bridgehead atoms. The fraction of sp³-hybridized carbons (Fsp3) is 0.154. The summed E-state index contributed by atoms with van der Waals surface area (Å²) in [7, 11) is 2.99. The summed E-state index contributed by atoms with van der Waals surface area (Å²) < 4.78 is 27.3. The molecule has 4 rings (SSSR count). The molecule has 0 saturated carbocycles. The fourth-order valence-corrected chi connectivity index (χ4v) is 3.29. The molecule has 0 aliphatic heterocycles. The summed E-state index contributed by atoms with van der Waals surface area (Å²) in [6.45, 7) is 3.84. The van der Waals surface area contributed by atoms with Crippen molar-refractivity contribution in [3.63, 3.8) is 0 Å². The van der Waals surface area contributed by atoms with Crippen molar-refractivity contribution in [3.05, 3.63) is 87.8 Å². The van der Waals surface area contributed by atoms with Crippen molar-refractivity contribution in [2.75, 3.05) is 14.2 Å². The molecular weight excluding hydrogens is 424 g/mol. The molecule has 3 aromatic carbocycles. The van der Waals surface area contributed by atoms with Gasteiger partial charge in [-0.1, -0.05) is 12.1 Å². The number of hydrogen-bond acceptors (Lipinski definition) is 7. The number of carbonyl (C=O) groups is 1. The Morgan fingerprint density at radius 1 is 0.818 bits per heavy atom. The quantitative estimate of drug-likeness (QED) is 0.288. The molecule has 168 valence electrons. The summed E-state index contributed by atoms with van der Waals surface area (Å²) in [5, 5.41) is 0.309. The first kappa shape index (κ1) is 22.0. The average molecular weight is 446 g/mol. The predicted octanol–water partition coefficient (Wildman–Crippen LogP) is 5.44. The molecule has 1 aromatic heterocycles. The Morgan fingerprint density at radius 2 is 1.61 bits per heavy atom. The highest BCUT2D eigenvalue weighted by atomic mass is 16.5. The van der Waals surface area contributed by atoms with Crippen LogP contribution in [0.5, 0.6) is 28.7 Å². The van der Waals surface area contributed by atoms with E-state index in [9.17, 15) is 9.59 Å². The Morgan fingerprint density at radius 3 is 2.36 bits per heavy atom. The normalized spacial score (nSPS) is 10.7. The minimum atomic E-state index is -0.590. The van der Waals surface area contributed by atoms with Gasteiger partial charge < -0.3 is 23.4 Å². The number of methoxy groups -OCH3 is 2. The van der Waals surface area contributed by atoms with Crippen molar-refractivity contribution >= 4 is 16.9 Å². The molecule has 33 heavy (non-hydrogen) atoms. The highest BCUT2D eigenvalue weighted by Crippen LogP contribution is 2.29. The molecule has 0 saturated heterocycles. The number of ether oxygens (including phenoxy) is 4. The Bertz CT molecular complexity index is 1400. The molecule has 0 N–H and O–H groups in total. The number of hydrogen-bond donors (Lipinski definition) is 0. The van der Waals surface area contributed by atoms with E-state index in [1.54, 1.807) is 12.1 Å². The number of aryl methyl sites for hydroxylation is 2. The van der Waals surface area contributed by atoms with Crippen LogP contribution >= 0.6 is 0 Å². The zero-order valence-electron chi connectivity index (χ0n) is 18.6. The van der Waals surface area contributed by atoms with Gasteiger partial charge in [0.1, 0.15) is 23.3 Å². The number of carbonyl (C=O) groups excluding carboxylic acids is 1. The van der Waals surface area contributed by atoms with Gasteiger partial charge in [0, 0.05) is 6.07 Å². The maximum atomic E-state index is 12.9. The van der Waals surface area contributed by atoms with E-state index >= 15 is 0 Å². The third-order valence-corrected chi connectivity index (χ3v) is 5.11. The van der Waals surface area contributed by atoms with E-state index in [0.29, 0.717) is 22.6 Å². The smallest absolute Gasteiger partial charge is 0.343 e. The van der Waals surface area contributed by atoms with Crippen LogP contribution in [0.4, 0.5) is 0 Å². The maximum Gasteiger partial charge on any atom is 0.343 e. The molecule has 7 nitrogen and oxygen atoms in total. The molecule has 0 radical (unpaired) electrons. The van der Waals surface area contributed by atoms with Gasteiger partial charge in [0.15, 0.2) is 11.5 Å². The Balaban J connectivity index is 1.59. The molecule has 0 unspecified atom stereocenters. The second kappa shape index (κ2) is 9.08. The van der Waals surface area contributed by atoms with Crippen molar-refractivity contribution in [2.45, 2.75) is 13.8 Å². The first-order valence-electron chi connectivity index (χ1n) is 10.1. The molecule has 1 heterocycles. The number of esters is 1. The lowest BCUT2D eigenvalue weighted by molar-refractivity contribution is 0.0734. The molecular formula is C26H22O7. The van der Waals surface area contributed by atoms with Crippen LogP contribution in [0.3, 0.4) is 0 Å². The minimum absolute atomic E-state index is 0.0753. The topological polar surface area (TPSA) is 84.2 Å². The first-order valence-corrected chi connectivity index (χ1v) is 10.1. The van der Waals surface area contributed by atoms with Crippen LogP contribution in [0.25, 0.3) is 11.0 Å². The van der Waals surface area contributed by atoms with Gasteiger partial charge in [0.05, 0.1) is 25.2 Å². The van der Waals surface area contributed by atoms with Crippen LogP contribution in [0, 0.1) is 13.8 Å². The maximum absolute atomic E-state index is 12.9. The lowest BCUT2D eigenvalue weighted by Crippen LogP contribution is -2.09.